The van der Waals surface area contributed by atoms with E-state index >= 15 is 0 Å². The summed E-state index contributed by atoms with van der Waals surface area (Å²) in [5, 5.41) is 5.25. The second kappa shape index (κ2) is 9.16. The summed E-state index contributed by atoms with van der Waals surface area (Å²) >= 11 is 0. The highest BCUT2D eigenvalue weighted by molar-refractivity contribution is 5.90. The number of ether oxygens (including phenoxy) is 1. The van der Waals surface area contributed by atoms with E-state index in [0.29, 0.717) is 6.54 Å². The van der Waals surface area contributed by atoms with Gasteiger partial charge in [0.25, 0.3) is 0 Å². The number of urea groups is 1. The van der Waals surface area contributed by atoms with Crippen LogP contribution in [0.4, 0.5) is 25.1 Å². The van der Waals surface area contributed by atoms with Gasteiger partial charge in [0.15, 0.2) is 0 Å². The first-order chi connectivity index (χ1) is 13.1. The van der Waals surface area contributed by atoms with Gasteiger partial charge < -0.3 is 20.3 Å². The van der Waals surface area contributed by atoms with Crippen LogP contribution in [0.15, 0.2) is 42.6 Å². The molecule has 0 atom stereocenters. The minimum Gasteiger partial charge on any atom is -0.433 e. The highest BCUT2D eigenvalue weighted by atomic mass is 19.3. The molecule has 1 aliphatic heterocycles. The highest BCUT2D eigenvalue weighted by Gasteiger charge is 2.13. The van der Waals surface area contributed by atoms with Crippen molar-refractivity contribution in [3.05, 3.63) is 48.2 Å². The molecule has 1 fully saturated rings. The van der Waals surface area contributed by atoms with Crippen molar-refractivity contribution < 1.29 is 18.3 Å². The molecular weight excluding hydrogens is 354 g/mol. The monoisotopic (exact) mass is 376 g/mol. The zero-order chi connectivity index (χ0) is 19.1. The molecule has 2 N–H and O–H groups in total. The molecule has 1 saturated heterocycles. The number of hydrogen-bond acceptors (Lipinski definition) is 4. The molecule has 0 aliphatic carbocycles. The Balaban J connectivity index is 1.57. The molecule has 0 bridgehead atoms. The van der Waals surface area contributed by atoms with Crippen LogP contribution in [0.2, 0.25) is 0 Å². The molecule has 144 valence electrons. The normalized spacial score (nSPS) is 14.1. The zero-order valence-electron chi connectivity index (χ0n) is 14.8. The number of halogens is 2. The Hall–Kier alpha value is -2.90. The topological polar surface area (TPSA) is 66.5 Å². The largest absolute Gasteiger partial charge is 0.433 e. The van der Waals surface area contributed by atoms with E-state index in [1.807, 2.05) is 12.1 Å². The van der Waals surface area contributed by atoms with Crippen LogP contribution < -0.4 is 20.3 Å². The Morgan fingerprint density at radius 2 is 1.96 bits per heavy atom. The fourth-order valence-corrected chi connectivity index (χ4v) is 2.98. The van der Waals surface area contributed by atoms with Crippen molar-refractivity contribution in [2.75, 3.05) is 23.3 Å². The van der Waals surface area contributed by atoms with Crippen molar-refractivity contribution in [3.63, 3.8) is 0 Å². The van der Waals surface area contributed by atoms with Crippen LogP contribution in [-0.4, -0.2) is 30.7 Å². The summed E-state index contributed by atoms with van der Waals surface area (Å²) in [6.45, 7) is -0.676. The predicted molar refractivity (Wildman–Crippen MR) is 99.2 cm³/mol. The van der Waals surface area contributed by atoms with Gasteiger partial charge in [0.2, 0.25) is 0 Å². The second-order valence-electron chi connectivity index (χ2n) is 6.25. The summed E-state index contributed by atoms with van der Waals surface area (Å²) in [6, 6.07) is 9.34. The van der Waals surface area contributed by atoms with Crippen molar-refractivity contribution in [3.8, 4) is 5.75 Å². The van der Waals surface area contributed by atoms with Crippen LogP contribution in [0.25, 0.3) is 0 Å². The fraction of sp³-hybridized carbons (Fsp3) is 0.368. The molecule has 27 heavy (non-hydrogen) atoms. The molecular formula is C19H22F2N4O2. The molecule has 1 aliphatic rings. The van der Waals surface area contributed by atoms with Crippen molar-refractivity contribution >= 4 is 17.5 Å². The van der Waals surface area contributed by atoms with Crippen molar-refractivity contribution in [2.24, 2.45) is 0 Å². The maximum absolute atomic E-state index is 12.4. The number of amides is 2. The third-order valence-electron chi connectivity index (χ3n) is 4.29. The van der Waals surface area contributed by atoms with Gasteiger partial charge in [-0.1, -0.05) is 12.1 Å². The van der Waals surface area contributed by atoms with Crippen molar-refractivity contribution in [1.82, 2.24) is 10.3 Å². The summed E-state index contributed by atoms with van der Waals surface area (Å²) in [6.07, 6.45) is 5.29. The van der Waals surface area contributed by atoms with E-state index in [-0.39, 0.29) is 11.4 Å². The maximum Gasteiger partial charge on any atom is 0.387 e. The van der Waals surface area contributed by atoms with Crippen LogP contribution in [0.5, 0.6) is 5.75 Å². The molecule has 2 heterocycles. The van der Waals surface area contributed by atoms with Gasteiger partial charge in [0, 0.05) is 25.8 Å². The average molecular weight is 376 g/mol. The highest BCUT2D eigenvalue weighted by Crippen LogP contribution is 2.25. The summed E-state index contributed by atoms with van der Waals surface area (Å²) in [5.74, 6) is 0.823. The SMILES string of the molecule is O=C(NCc1ccnc(N2CCCCC2)c1)Nc1ccccc1OC(F)F. The van der Waals surface area contributed by atoms with Crippen molar-refractivity contribution in [2.45, 2.75) is 32.4 Å². The first-order valence-corrected chi connectivity index (χ1v) is 8.90. The number of benzene rings is 1. The number of hydrogen-bond donors (Lipinski definition) is 2. The zero-order valence-corrected chi connectivity index (χ0v) is 14.8. The Morgan fingerprint density at radius 3 is 2.74 bits per heavy atom. The van der Waals surface area contributed by atoms with Crippen LogP contribution >= 0.6 is 0 Å². The summed E-state index contributed by atoms with van der Waals surface area (Å²) < 4.78 is 29.3. The van der Waals surface area contributed by atoms with E-state index in [4.69, 9.17) is 0 Å². The standard InChI is InChI=1S/C19H22F2N4O2/c20-18(21)27-16-7-3-2-6-15(16)24-19(26)23-13-14-8-9-22-17(12-14)25-10-4-1-5-11-25/h2-3,6-9,12,18H,1,4-5,10-11,13H2,(H2,23,24,26). The molecule has 1 aromatic heterocycles. The quantitative estimate of drug-likeness (QED) is 0.800. The van der Waals surface area contributed by atoms with E-state index in [2.05, 4.69) is 25.3 Å². The van der Waals surface area contributed by atoms with Gasteiger partial charge in [-0.05, 0) is 49.1 Å². The first kappa shape index (κ1) is 18.9. The van der Waals surface area contributed by atoms with Gasteiger partial charge in [-0.3, -0.25) is 0 Å². The Labute approximate surface area is 156 Å². The fourth-order valence-electron chi connectivity index (χ4n) is 2.98. The van der Waals surface area contributed by atoms with Crippen LogP contribution in [0.1, 0.15) is 24.8 Å². The number of carbonyl (C=O) groups excluding carboxylic acids is 1. The second-order valence-corrected chi connectivity index (χ2v) is 6.25. The molecule has 1 aromatic carbocycles. The van der Waals surface area contributed by atoms with Gasteiger partial charge in [0.05, 0.1) is 5.69 Å². The predicted octanol–water partition coefficient (Wildman–Crippen LogP) is 4.00. The molecule has 0 unspecified atom stereocenters. The number of para-hydroxylation sites is 2. The van der Waals surface area contributed by atoms with E-state index in [1.165, 1.54) is 18.6 Å². The number of aromatic nitrogens is 1. The number of rotatable bonds is 6. The molecule has 2 aromatic rings. The summed E-state index contributed by atoms with van der Waals surface area (Å²) in [5.41, 5.74) is 1.09. The maximum atomic E-state index is 12.4. The number of anilines is 2. The molecule has 2 amide bonds. The summed E-state index contributed by atoms with van der Waals surface area (Å²) in [4.78, 5) is 18.8. The number of nitrogens with zero attached hydrogens (tertiary/aromatic N) is 2. The number of carbonyl (C=O) groups is 1. The number of nitrogens with one attached hydrogen (secondary N) is 2. The molecule has 6 nitrogen and oxygen atoms in total. The Morgan fingerprint density at radius 1 is 1.19 bits per heavy atom. The number of piperidine rings is 1. The Bertz CT molecular complexity index is 767. The van der Waals surface area contributed by atoms with Gasteiger partial charge in [-0.2, -0.15) is 8.78 Å². The van der Waals surface area contributed by atoms with Gasteiger partial charge >= 0.3 is 12.6 Å². The molecule has 0 radical (unpaired) electrons. The smallest absolute Gasteiger partial charge is 0.387 e. The Kier molecular flexibility index (Phi) is 6.40. The van der Waals surface area contributed by atoms with E-state index in [0.717, 1.165) is 37.3 Å². The van der Waals surface area contributed by atoms with Crippen LogP contribution in [-0.2, 0) is 6.54 Å². The van der Waals surface area contributed by atoms with E-state index in [1.54, 1.807) is 18.3 Å². The lowest BCUT2D eigenvalue weighted by Gasteiger charge is -2.27. The van der Waals surface area contributed by atoms with Gasteiger partial charge in [0.1, 0.15) is 11.6 Å². The molecule has 0 saturated carbocycles. The van der Waals surface area contributed by atoms with E-state index in [9.17, 15) is 13.6 Å². The average Bonchev–Trinajstić information content (AvgIpc) is 2.68. The van der Waals surface area contributed by atoms with Crippen LogP contribution in [0, 0.1) is 0 Å². The molecule has 0 spiro atoms. The van der Waals surface area contributed by atoms with E-state index < -0.39 is 12.6 Å². The number of pyridine rings is 1. The third-order valence-corrected chi connectivity index (χ3v) is 4.29. The third kappa shape index (κ3) is 5.54. The minimum absolute atomic E-state index is 0.0843. The van der Waals surface area contributed by atoms with Gasteiger partial charge in [-0.25, -0.2) is 9.78 Å². The summed E-state index contributed by atoms with van der Waals surface area (Å²) in [7, 11) is 0. The number of alkyl halides is 2. The van der Waals surface area contributed by atoms with Crippen molar-refractivity contribution in [1.29, 1.82) is 0 Å². The lowest BCUT2D eigenvalue weighted by atomic mass is 10.1. The molecule has 8 heteroatoms. The lowest BCUT2D eigenvalue weighted by Crippen LogP contribution is -2.31. The minimum atomic E-state index is -2.96. The van der Waals surface area contributed by atoms with Gasteiger partial charge in [-0.15, -0.1) is 0 Å². The lowest BCUT2D eigenvalue weighted by molar-refractivity contribution is -0.0493. The first-order valence-electron chi connectivity index (χ1n) is 8.90. The van der Waals surface area contributed by atoms with Crippen LogP contribution in [0.3, 0.4) is 0 Å². The molecule has 3 rings (SSSR count).